The Kier molecular flexibility index (Phi) is 3.13. The van der Waals surface area contributed by atoms with Gasteiger partial charge in [-0.15, -0.1) is 0 Å². The molecule has 0 radical (unpaired) electrons. The highest BCUT2D eigenvalue weighted by Gasteiger charge is 2.26. The van der Waals surface area contributed by atoms with Crippen molar-refractivity contribution < 1.29 is 4.84 Å². The molecule has 1 aliphatic rings. The maximum atomic E-state index is 5.98. The fraction of sp³-hybridized carbons (Fsp3) is 0.462. The number of nitrogen functional groups attached to an aromatic ring is 1. The molecule has 0 atom stereocenters. The minimum atomic E-state index is 0.476. The summed E-state index contributed by atoms with van der Waals surface area (Å²) in [5, 5.41) is 3.94. The van der Waals surface area contributed by atoms with Crippen LogP contribution in [0, 0.1) is 0 Å². The summed E-state index contributed by atoms with van der Waals surface area (Å²) in [6, 6.07) is 6.09. The molecule has 0 amide bonds. The van der Waals surface area contributed by atoms with E-state index in [0.717, 1.165) is 17.0 Å². The minimum absolute atomic E-state index is 0.476. The molecule has 3 nitrogen and oxygen atoms in total. The number of hydrogen-bond acceptors (Lipinski definition) is 3. The molecule has 1 aliphatic carbocycles. The Morgan fingerprint density at radius 2 is 2.19 bits per heavy atom. The van der Waals surface area contributed by atoms with Gasteiger partial charge in [-0.25, -0.2) is 0 Å². The van der Waals surface area contributed by atoms with Gasteiger partial charge in [-0.2, -0.15) is 0 Å². The lowest BCUT2D eigenvalue weighted by atomic mass is 10.0. The summed E-state index contributed by atoms with van der Waals surface area (Å²) in [7, 11) is 0. The first-order chi connectivity index (χ1) is 7.68. The summed E-state index contributed by atoms with van der Waals surface area (Å²) in [5.74, 6) is 0.689. The lowest BCUT2D eigenvalue weighted by molar-refractivity contribution is 0.130. The van der Waals surface area contributed by atoms with Gasteiger partial charge in [-0.05, 0) is 44.2 Å². The molecule has 2 rings (SSSR count). The molecule has 1 fully saturated rings. The zero-order valence-electron chi connectivity index (χ0n) is 9.86. The third kappa shape index (κ3) is 2.54. The zero-order chi connectivity index (χ0) is 11.5. The summed E-state index contributed by atoms with van der Waals surface area (Å²) in [4.78, 5) is 5.29. The summed E-state index contributed by atoms with van der Waals surface area (Å²) >= 11 is 0. The van der Waals surface area contributed by atoms with Crippen molar-refractivity contribution in [1.82, 2.24) is 0 Å². The van der Waals surface area contributed by atoms with E-state index in [1.54, 1.807) is 0 Å². The Bertz CT molecular complexity index is 404. The highest BCUT2D eigenvalue weighted by molar-refractivity contribution is 5.78. The van der Waals surface area contributed by atoms with Gasteiger partial charge in [0.1, 0.15) is 6.61 Å². The van der Waals surface area contributed by atoms with E-state index in [1.165, 1.54) is 18.4 Å². The van der Waals surface area contributed by atoms with Crippen LogP contribution in [0.4, 0.5) is 5.69 Å². The molecule has 0 heterocycles. The van der Waals surface area contributed by atoms with Gasteiger partial charge in [0.15, 0.2) is 0 Å². The van der Waals surface area contributed by atoms with Crippen LogP contribution in [0.25, 0.3) is 0 Å². The van der Waals surface area contributed by atoms with Crippen LogP contribution < -0.4 is 5.73 Å². The van der Waals surface area contributed by atoms with Crippen molar-refractivity contribution in [3.05, 3.63) is 29.3 Å². The highest BCUT2D eigenvalue weighted by atomic mass is 16.6. The molecule has 0 aromatic heterocycles. The van der Waals surface area contributed by atoms with E-state index in [9.17, 15) is 0 Å². The van der Waals surface area contributed by atoms with Crippen LogP contribution in [-0.4, -0.2) is 5.71 Å². The molecule has 0 bridgehead atoms. The molecular weight excluding hydrogens is 200 g/mol. The molecule has 1 saturated carbocycles. The Morgan fingerprint density at radius 1 is 1.44 bits per heavy atom. The molecule has 0 aliphatic heterocycles. The number of oxime groups is 1. The molecule has 3 heteroatoms. The van der Waals surface area contributed by atoms with E-state index in [-0.39, 0.29) is 0 Å². The average molecular weight is 218 g/mol. The van der Waals surface area contributed by atoms with Gasteiger partial charge in [0.25, 0.3) is 0 Å². The van der Waals surface area contributed by atoms with Gasteiger partial charge in [0, 0.05) is 11.3 Å². The quantitative estimate of drug-likeness (QED) is 0.479. The number of nitrogens with two attached hydrogens (primary N) is 1. The standard InChI is InChI=1S/C13H18N2O/c1-9(2)15-16-8-12-11(10-6-7-10)4-3-5-13(12)14/h3-5,10H,6-8,14H2,1-2H3. The number of benzene rings is 1. The van der Waals surface area contributed by atoms with Gasteiger partial charge in [0.05, 0.1) is 5.71 Å². The number of hydrogen-bond donors (Lipinski definition) is 1. The first-order valence-corrected chi connectivity index (χ1v) is 5.69. The molecule has 0 saturated heterocycles. The fourth-order valence-corrected chi connectivity index (χ4v) is 1.79. The number of nitrogens with zero attached hydrogens (tertiary/aromatic N) is 1. The van der Waals surface area contributed by atoms with Gasteiger partial charge < -0.3 is 10.6 Å². The van der Waals surface area contributed by atoms with Crippen molar-refractivity contribution >= 4 is 11.4 Å². The second-order valence-electron chi connectivity index (χ2n) is 4.50. The van der Waals surface area contributed by atoms with Crippen molar-refractivity contribution in [2.45, 2.75) is 39.2 Å². The molecule has 0 unspecified atom stereocenters. The van der Waals surface area contributed by atoms with Gasteiger partial charge in [0.2, 0.25) is 0 Å². The van der Waals surface area contributed by atoms with Crippen molar-refractivity contribution in [2.75, 3.05) is 5.73 Å². The summed E-state index contributed by atoms with van der Waals surface area (Å²) in [5.41, 5.74) is 10.2. The number of rotatable bonds is 4. The van der Waals surface area contributed by atoms with E-state index in [0.29, 0.717) is 12.5 Å². The molecule has 0 spiro atoms. The van der Waals surface area contributed by atoms with Crippen molar-refractivity contribution in [1.29, 1.82) is 0 Å². The summed E-state index contributed by atoms with van der Waals surface area (Å²) in [6.07, 6.45) is 2.54. The van der Waals surface area contributed by atoms with Crippen LogP contribution in [0.2, 0.25) is 0 Å². The van der Waals surface area contributed by atoms with Crippen molar-refractivity contribution in [2.24, 2.45) is 5.16 Å². The number of anilines is 1. The lowest BCUT2D eigenvalue weighted by Crippen LogP contribution is -2.00. The topological polar surface area (TPSA) is 47.6 Å². The largest absolute Gasteiger partial charge is 0.398 e. The Hall–Kier alpha value is -1.51. The van der Waals surface area contributed by atoms with E-state index in [2.05, 4.69) is 11.2 Å². The molecule has 86 valence electrons. The molecule has 1 aromatic carbocycles. The van der Waals surface area contributed by atoms with E-state index in [4.69, 9.17) is 10.6 Å². The molecule has 1 aromatic rings. The Balaban J connectivity index is 2.14. The highest BCUT2D eigenvalue weighted by Crippen LogP contribution is 2.42. The van der Waals surface area contributed by atoms with E-state index < -0.39 is 0 Å². The normalized spacial score (nSPS) is 14.6. The second kappa shape index (κ2) is 4.56. The maximum absolute atomic E-state index is 5.98. The Morgan fingerprint density at radius 3 is 2.81 bits per heavy atom. The first kappa shape index (κ1) is 11.0. The third-order valence-corrected chi connectivity index (χ3v) is 2.72. The molecular formula is C13H18N2O. The monoisotopic (exact) mass is 218 g/mol. The van der Waals surface area contributed by atoms with Crippen molar-refractivity contribution in [3.63, 3.8) is 0 Å². The van der Waals surface area contributed by atoms with Gasteiger partial charge in [-0.3, -0.25) is 0 Å². The predicted molar refractivity (Wildman–Crippen MR) is 66.4 cm³/mol. The van der Waals surface area contributed by atoms with Crippen molar-refractivity contribution in [3.8, 4) is 0 Å². The Labute approximate surface area is 96.3 Å². The van der Waals surface area contributed by atoms with Crippen LogP contribution in [-0.2, 0) is 11.4 Å². The average Bonchev–Trinajstić information content (AvgIpc) is 3.03. The second-order valence-corrected chi connectivity index (χ2v) is 4.50. The van der Waals surface area contributed by atoms with E-state index >= 15 is 0 Å². The minimum Gasteiger partial charge on any atom is -0.398 e. The van der Waals surface area contributed by atoms with Crippen LogP contribution >= 0.6 is 0 Å². The van der Waals surface area contributed by atoms with Crippen LogP contribution in [0.3, 0.4) is 0 Å². The molecule has 16 heavy (non-hydrogen) atoms. The predicted octanol–water partition coefficient (Wildman–Crippen LogP) is 3.06. The lowest BCUT2D eigenvalue weighted by Gasteiger charge is -2.10. The fourth-order valence-electron chi connectivity index (χ4n) is 1.79. The zero-order valence-corrected chi connectivity index (χ0v) is 9.86. The van der Waals surface area contributed by atoms with Crippen LogP contribution in [0.1, 0.15) is 43.7 Å². The smallest absolute Gasteiger partial charge is 0.144 e. The SMILES string of the molecule is CC(C)=NOCc1c(N)cccc1C1CC1. The van der Waals surface area contributed by atoms with Crippen LogP contribution in [0.15, 0.2) is 23.4 Å². The summed E-state index contributed by atoms with van der Waals surface area (Å²) < 4.78 is 0. The maximum Gasteiger partial charge on any atom is 0.144 e. The van der Waals surface area contributed by atoms with Crippen LogP contribution in [0.5, 0.6) is 0 Å². The van der Waals surface area contributed by atoms with Gasteiger partial charge in [-0.1, -0.05) is 17.3 Å². The summed E-state index contributed by atoms with van der Waals surface area (Å²) in [6.45, 7) is 4.30. The molecule has 2 N–H and O–H groups in total. The first-order valence-electron chi connectivity index (χ1n) is 5.69. The van der Waals surface area contributed by atoms with Gasteiger partial charge >= 0.3 is 0 Å². The van der Waals surface area contributed by atoms with E-state index in [1.807, 2.05) is 26.0 Å². The third-order valence-electron chi connectivity index (χ3n) is 2.72.